The highest BCUT2D eigenvalue weighted by Crippen LogP contribution is 2.42. The average molecular weight is 611 g/mol. The van der Waals surface area contributed by atoms with E-state index in [-0.39, 0.29) is 37.3 Å². The van der Waals surface area contributed by atoms with E-state index in [1.165, 1.54) is 0 Å². The fraction of sp³-hybridized carbons (Fsp3) is 0.484. The van der Waals surface area contributed by atoms with E-state index in [0.717, 1.165) is 53.0 Å². The molecular weight excluding hydrogens is 569 g/mol. The molecule has 11 nitrogen and oxygen atoms in total. The molecule has 2 amide bonds. The normalized spacial score (nSPS) is 14.0. The van der Waals surface area contributed by atoms with Crippen molar-refractivity contribution in [2.45, 2.75) is 84.9 Å². The average Bonchev–Trinajstić information content (AvgIpc) is 3.39. The van der Waals surface area contributed by atoms with Gasteiger partial charge in [0.1, 0.15) is 5.69 Å². The van der Waals surface area contributed by atoms with Gasteiger partial charge in [0.2, 0.25) is 11.8 Å². The molecule has 0 spiro atoms. The van der Waals surface area contributed by atoms with Gasteiger partial charge in [0.25, 0.3) is 7.82 Å². The summed E-state index contributed by atoms with van der Waals surface area (Å²) in [6.45, 7) is 8.32. The number of para-hydroxylation sites is 1. The zero-order valence-corrected chi connectivity index (χ0v) is 26.2. The van der Waals surface area contributed by atoms with E-state index >= 15 is 0 Å². The molecule has 43 heavy (non-hydrogen) atoms. The molecule has 1 aromatic heterocycles. The molecule has 1 aliphatic rings. The minimum Gasteiger partial charge on any atom is -0.756 e. The summed E-state index contributed by atoms with van der Waals surface area (Å²) in [7, 11) is -4.25. The van der Waals surface area contributed by atoms with E-state index in [1.54, 1.807) is 18.7 Å². The van der Waals surface area contributed by atoms with Gasteiger partial charge >= 0.3 is 0 Å². The summed E-state index contributed by atoms with van der Waals surface area (Å²) in [5.41, 5.74) is 5.20. The lowest BCUT2D eigenvalue weighted by Gasteiger charge is -2.29. The molecule has 1 N–H and O–H groups in total. The van der Waals surface area contributed by atoms with Gasteiger partial charge in [-0.15, -0.1) is 5.10 Å². The van der Waals surface area contributed by atoms with Crippen LogP contribution in [-0.4, -0.2) is 46.1 Å². The van der Waals surface area contributed by atoms with Crippen LogP contribution in [-0.2, 0) is 29.7 Å². The van der Waals surface area contributed by atoms with E-state index in [0.29, 0.717) is 19.5 Å². The molecule has 0 saturated carbocycles. The van der Waals surface area contributed by atoms with Crippen molar-refractivity contribution >= 4 is 25.3 Å². The number of unbranched alkanes of at least 4 members (excludes halogenated alkanes) is 3. The van der Waals surface area contributed by atoms with E-state index in [2.05, 4.69) is 29.5 Å². The second kappa shape index (κ2) is 14.9. The third-order valence-electron chi connectivity index (χ3n) is 7.08. The molecule has 1 unspecified atom stereocenters. The Morgan fingerprint density at radius 2 is 1.67 bits per heavy atom. The number of nitrogens with one attached hydrogen (secondary N) is 1. The number of phosphoric ester groups is 1. The van der Waals surface area contributed by atoms with E-state index in [9.17, 15) is 19.0 Å². The van der Waals surface area contributed by atoms with Gasteiger partial charge in [-0.2, -0.15) is 0 Å². The maximum Gasteiger partial charge on any atom is 0.268 e. The maximum atomic E-state index is 13.6. The fourth-order valence-corrected chi connectivity index (χ4v) is 6.01. The summed E-state index contributed by atoms with van der Waals surface area (Å²) >= 11 is 0. The largest absolute Gasteiger partial charge is 0.756 e. The third-order valence-corrected chi connectivity index (χ3v) is 8.26. The quantitative estimate of drug-likeness (QED) is 0.189. The van der Waals surface area contributed by atoms with E-state index < -0.39 is 13.9 Å². The van der Waals surface area contributed by atoms with Gasteiger partial charge < -0.3 is 24.2 Å². The van der Waals surface area contributed by atoms with Crippen molar-refractivity contribution in [1.29, 1.82) is 0 Å². The molecule has 0 radical (unpaired) electrons. The lowest BCUT2D eigenvalue weighted by molar-refractivity contribution is -0.228. The number of fused-ring (bicyclic) bond motifs is 5. The SMILES string of the molecule is CC(C)OP(=O)([O-])OCCCCCCNC(=O)CCC(=O)N1Cc2ccccc2-c2c(nnn2C(C)C)-c2ccccc21. The minimum atomic E-state index is -4.25. The molecule has 12 heteroatoms. The van der Waals surface area contributed by atoms with Gasteiger partial charge in [0.05, 0.1) is 30.6 Å². The molecular formula is C31H41N5O6P-. The zero-order chi connectivity index (χ0) is 31.0. The van der Waals surface area contributed by atoms with Crippen LogP contribution in [0.25, 0.3) is 22.5 Å². The van der Waals surface area contributed by atoms with Crippen molar-refractivity contribution in [3.8, 4) is 22.5 Å². The van der Waals surface area contributed by atoms with E-state index in [4.69, 9.17) is 9.05 Å². The van der Waals surface area contributed by atoms with Crippen molar-refractivity contribution in [3.63, 3.8) is 0 Å². The van der Waals surface area contributed by atoms with Crippen LogP contribution in [0.3, 0.4) is 0 Å². The second-order valence-corrected chi connectivity index (χ2v) is 12.5. The van der Waals surface area contributed by atoms with E-state index in [1.807, 2.05) is 53.2 Å². The van der Waals surface area contributed by atoms with Gasteiger partial charge in [-0.05, 0) is 52.2 Å². The first-order chi connectivity index (χ1) is 20.6. The highest BCUT2D eigenvalue weighted by Gasteiger charge is 2.29. The standard InChI is InChI=1S/C31H42N5O6P/c1-22(2)36-31-25-14-8-7-13-24(25)21-35(27-16-10-9-15-26(27)30(31)33-34-36)29(38)18-17-28(37)32-19-11-5-6-12-20-41-43(39,40)42-23(3)4/h7-10,13-16,22-23H,5-6,11-12,17-21H2,1-4H3,(H,32,37)(H,39,40)/p-1. The first kappa shape index (κ1) is 32.5. The molecule has 0 aliphatic carbocycles. The molecule has 2 heterocycles. The molecule has 0 saturated heterocycles. The Balaban J connectivity index is 1.32. The smallest absolute Gasteiger partial charge is 0.268 e. The van der Waals surface area contributed by atoms with Crippen molar-refractivity contribution in [1.82, 2.24) is 20.3 Å². The third kappa shape index (κ3) is 8.60. The summed E-state index contributed by atoms with van der Waals surface area (Å²) < 4.78 is 23.1. The molecule has 0 bridgehead atoms. The number of benzene rings is 2. The first-order valence-electron chi connectivity index (χ1n) is 14.9. The van der Waals surface area contributed by atoms with Crippen molar-refractivity contribution in [2.75, 3.05) is 18.1 Å². The van der Waals surface area contributed by atoms with Gasteiger partial charge in [0, 0.05) is 36.6 Å². The molecule has 4 rings (SSSR count). The van der Waals surface area contributed by atoms with Crippen LogP contribution < -0.4 is 15.1 Å². The van der Waals surface area contributed by atoms with Crippen LogP contribution in [0.2, 0.25) is 0 Å². The molecule has 3 aromatic rings. The van der Waals surface area contributed by atoms with Gasteiger partial charge in [-0.1, -0.05) is 60.5 Å². The fourth-order valence-electron chi connectivity index (χ4n) is 5.08. The minimum absolute atomic E-state index is 0.0684. The topological polar surface area (TPSA) is 139 Å². The van der Waals surface area contributed by atoms with Gasteiger partial charge in [0.15, 0.2) is 0 Å². The monoisotopic (exact) mass is 610 g/mol. The number of hydrogen-bond donors (Lipinski definition) is 1. The van der Waals surface area contributed by atoms with Crippen LogP contribution in [0.1, 0.15) is 77.8 Å². The Bertz CT molecular complexity index is 1460. The molecule has 2 aromatic carbocycles. The summed E-state index contributed by atoms with van der Waals surface area (Å²) in [5.74, 6) is -0.327. The summed E-state index contributed by atoms with van der Waals surface area (Å²) in [5, 5.41) is 11.9. The van der Waals surface area contributed by atoms with Crippen molar-refractivity contribution < 1.29 is 28.1 Å². The Labute approximate surface area is 253 Å². The van der Waals surface area contributed by atoms with Crippen LogP contribution in [0, 0.1) is 0 Å². The lowest BCUT2D eigenvalue weighted by Crippen LogP contribution is -2.33. The number of anilines is 1. The number of carbonyl (C=O) groups is 2. The van der Waals surface area contributed by atoms with Crippen LogP contribution in [0.15, 0.2) is 48.5 Å². The number of aromatic nitrogens is 3. The lowest BCUT2D eigenvalue weighted by atomic mass is 9.95. The van der Waals surface area contributed by atoms with Gasteiger partial charge in [-0.25, -0.2) is 4.68 Å². The highest BCUT2D eigenvalue weighted by atomic mass is 31.2. The first-order valence-corrected chi connectivity index (χ1v) is 16.4. The Morgan fingerprint density at radius 3 is 2.42 bits per heavy atom. The summed E-state index contributed by atoms with van der Waals surface area (Å²) in [6, 6.07) is 15.8. The summed E-state index contributed by atoms with van der Waals surface area (Å²) in [4.78, 5) is 39.5. The number of nitrogens with zero attached hydrogens (tertiary/aromatic N) is 4. The highest BCUT2D eigenvalue weighted by molar-refractivity contribution is 7.45. The second-order valence-electron chi connectivity index (χ2n) is 11.2. The number of phosphoric acid groups is 1. The van der Waals surface area contributed by atoms with Crippen LogP contribution >= 0.6 is 7.82 Å². The number of amides is 2. The Morgan fingerprint density at radius 1 is 0.977 bits per heavy atom. The predicted octanol–water partition coefficient (Wildman–Crippen LogP) is 5.41. The number of carbonyl (C=O) groups excluding carboxylic acids is 2. The number of rotatable bonds is 14. The predicted molar refractivity (Wildman–Crippen MR) is 163 cm³/mol. The zero-order valence-electron chi connectivity index (χ0n) is 25.3. The Hall–Kier alpha value is -3.37. The molecule has 0 fully saturated rings. The maximum absolute atomic E-state index is 13.6. The van der Waals surface area contributed by atoms with Crippen molar-refractivity contribution in [3.05, 3.63) is 54.1 Å². The van der Waals surface area contributed by atoms with Crippen molar-refractivity contribution in [2.24, 2.45) is 0 Å². The summed E-state index contributed by atoms with van der Waals surface area (Å²) in [6.07, 6.45) is 2.58. The Kier molecular flexibility index (Phi) is 11.3. The molecule has 1 atom stereocenters. The van der Waals surface area contributed by atoms with Gasteiger partial charge in [-0.3, -0.25) is 14.2 Å². The molecule has 232 valence electrons. The van der Waals surface area contributed by atoms with Crippen LogP contribution in [0.5, 0.6) is 0 Å². The molecule has 1 aliphatic heterocycles. The number of hydrogen-bond acceptors (Lipinski definition) is 8. The van der Waals surface area contributed by atoms with Crippen LogP contribution in [0.4, 0.5) is 5.69 Å².